The van der Waals surface area contributed by atoms with E-state index in [0.717, 1.165) is 26.4 Å². The predicted octanol–water partition coefficient (Wildman–Crippen LogP) is 1.48. The van der Waals surface area contributed by atoms with Gasteiger partial charge in [0.05, 0.1) is 13.2 Å². The average molecular weight is 155 g/mol. The van der Waals surface area contributed by atoms with Crippen LogP contribution in [0.3, 0.4) is 0 Å². The Bertz CT molecular complexity index is 36.0. The van der Waals surface area contributed by atoms with Crippen LogP contribution in [0.2, 0.25) is 0 Å². The third kappa shape index (κ3) is 11.7. The lowest BCUT2D eigenvalue weighted by molar-refractivity contribution is 0.0584. The third-order valence-corrected chi connectivity index (χ3v) is 0.780. The first-order valence-corrected chi connectivity index (χ1v) is 3.07. The second-order valence-corrected chi connectivity index (χ2v) is 1.39. The molecule has 0 aliphatic carbocycles. The molecular formula is C6H15ClO2. The first-order chi connectivity index (χ1) is 3.91. The molecule has 0 rings (SSSR count). The fourth-order valence-corrected chi connectivity index (χ4v) is 0.407. The summed E-state index contributed by atoms with van der Waals surface area (Å²) in [6.07, 6.45) is 0. The van der Waals surface area contributed by atoms with Crippen molar-refractivity contribution in [1.29, 1.82) is 0 Å². The first kappa shape index (κ1) is 11.9. The molecule has 2 nitrogen and oxygen atoms in total. The van der Waals surface area contributed by atoms with Crippen LogP contribution >= 0.6 is 12.4 Å². The minimum atomic E-state index is 0. The van der Waals surface area contributed by atoms with Crippen LogP contribution in [-0.4, -0.2) is 26.4 Å². The molecular weight excluding hydrogens is 140 g/mol. The van der Waals surface area contributed by atoms with Crippen molar-refractivity contribution in [2.24, 2.45) is 0 Å². The summed E-state index contributed by atoms with van der Waals surface area (Å²) in [4.78, 5) is 0. The largest absolute Gasteiger partial charge is 0.379 e. The molecule has 0 aromatic rings. The van der Waals surface area contributed by atoms with Crippen molar-refractivity contribution in [3.05, 3.63) is 0 Å². The molecule has 0 bridgehead atoms. The van der Waals surface area contributed by atoms with Crippen molar-refractivity contribution in [1.82, 2.24) is 0 Å². The van der Waals surface area contributed by atoms with Crippen LogP contribution in [0.1, 0.15) is 13.8 Å². The Hall–Kier alpha value is 0.210. The van der Waals surface area contributed by atoms with Gasteiger partial charge >= 0.3 is 0 Å². The maximum Gasteiger partial charge on any atom is 0.0700 e. The SMILES string of the molecule is CCOCCOCC.Cl. The van der Waals surface area contributed by atoms with Gasteiger partial charge in [-0.05, 0) is 13.8 Å². The highest BCUT2D eigenvalue weighted by Gasteiger charge is 1.81. The minimum absolute atomic E-state index is 0. The van der Waals surface area contributed by atoms with E-state index in [1.807, 2.05) is 13.8 Å². The van der Waals surface area contributed by atoms with E-state index in [1.165, 1.54) is 0 Å². The van der Waals surface area contributed by atoms with E-state index in [9.17, 15) is 0 Å². The minimum Gasteiger partial charge on any atom is -0.379 e. The lowest BCUT2D eigenvalue weighted by Crippen LogP contribution is -2.02. The van der Waals surface area contributed by atoms with Gasteiger partial charge in [-0.1, -0.05) is 0 Å². The Morgan fingerprint density at radius 2 is 1.22 bits per heavy atom. The summed E-state index contributed by atoms with van der Waals surface area (Å²) >= 11 is 0. The molecule has 0 saturated carbocycles. The van der Waals surface area contributed by atoms with E-state index >= 15 is 0 Å². The fraction of sp³-hybridized carbons (Fsp3) is 1.00. The van der Waals surface area contributed by atoms with E-state index in [0.29, 0.717) is 0 Å². The molecule has 0 fully saturated rings. The van der Waals surface area contributed by atoms with Crippen LogP contribution in [0.4, 0.5) is 0 Å². The molecule has 0 saturated heterocycles. The van der Waals surface area contributed by atoms with Gasteiger partial charge in [0.1, 0.15) is 0 Å². The average Bonchev–Trinajstić information content (AvgIpc) is 1.81. The van der Waals surface area contributed by atoms with Gasteiger partial charge in [0.25, 0.3) is 0 Å². The van der Waals surface area contributed by atoms with Gasteiger partial charge in [-0.15, -0.1) is 12.4 Å². The highest BCUT2D eigenvalue weighted by molar-refractivity contribution is 5.85. The van der Waals surface area contributed by atoms with E-state index < -0.39 is 0 Å². The zero-order chi connectivity index (χ0) is 6.24. The highest BCUT2D eigenvalue weighted by atomic mass is 35.5. The standard InChI is InChI=1S/C6H14O2.ClH/c1-3-7-5-6-8-4-2;/h3-6H2,1-2H3;1H. The number of hydrogen-bond acceptors (Lipinski definition) is 2. The van der Waals surface area contributed by atoms with Crippen LogP contribution in [0.25, 0.3) is 0 Å². The van der Waals surface area contributed by atoms with Gasteiger partial charge in [-0.2, -0.15) is 0 Å². The van der Waals surface area contributed by atoms with E-state index in [1.54, 1.807) is 0 Å². The van der Waals surface area contributed by atoms with Gasteiger partial charge in [0.2, 0.25) is 0 Å². The zero-order valence-electron chi connectivity index (χ0n) is 6.05. The molecule has 0 atom stereocenters. The Balaban J connectivity index is 0. The van der Waals surface area contributed by atoms with E-state index in [-0.39, 0.29) is 12.4 Å². The van der Waals surface area contributed by atoms with Gasteiger partial charge in [0, 0.05) is 13.2 Å². The van der Waals surface area contributed by atoms with Crippen LogP contribution in [0.15, 0.2) is 0 Å². The van der Waals surface area contributed by atoms with E-state index in [4.69, 9.17) is 9.47 Å². The summed E-state index contributed by atoms with van der Waals surface area (Å²) < 4.78 is 10.0. The van der Waals surface area contributed by atoms with Crippen LogP contribution < -0.4 is 0 Å². The Morgan fingerprint density at radius 3 is 1.44 bits per heavy atom. The van der Waals surface area contributed by atoms with Crippen LogP contribution in [0, 0.1) is 0 Å². The Labute approximate surface area is 62.9 Å². The summed E-state index contributed by atoms with van der Waals surface area (Å²) in [5.74, 6) is 0. The quantitative estimate of drug-likeness (QED) is 0.559. The molecule has 0 aromatic carbocycles. The highest BCUT2D eigenvalue weighted by Crippen LogP contribution is 1.75. The number of ether oxygens (including phenoxy) is 2. The molecule has 3 heteroatoms. The normalized spacial score (nSPS) is 8.67. The molecule has 0 spiro atoms. The summed E-state index contributed by atoms with van der Waals surface area (Å²) in [6, 6.07) is 0. The molecule has 0 aromatic heterocycles. The van der Waals surface area contributed by atoms with Crippen molar-refractivity contribution < 1.29 is 9.47 Å². The van der Waals surface area contributed by atoms with Gasteiger partial charge in [-0.25, -0.2) is 0 Å². The third-order valence-electron chi connectivity index (χ3n) is 0.780. The molecule has 0 N–H and O–H groups in total. The Kier molecular flexibility index (Phi) is 14.7. The predicted molar refractivity (Wildman–Crippen MR) is 40.2 cm³/mol. The topological polar surface area (TPSA) is 18.5 Å². The number of hydrogen-bond donors (Lipinski definition) is 0. The maximum absolute atomic E-state index is 5.01. The summed E-state index contributed by atoms with van der Waals surface area (Å²) in [5, 5.41) is 0. The van der Waals surface area contributed by atoms with Crippen molar-refractivity contribution in [3.8, 4) is 0 Å². The maximum atomic E-state index is 5.01. The first-order valence-electron chi connectivity index (χ1n) is 3.07. The van der Waals surface area contributed by atoms with Crippen molar-refractivity contribution in [2.45, 2.75) is 13.8 Å². The Morgan fingerprint density at radius 1 is 0.889 bits per heavy atom. The smallest absolute Gasteiger partial charge is 0.0700 e. The molecule has 58 valence electrons. The van der Waals surface area contributed by atoms with Crippen LogP contribution in [0.5, 0.6) is 0 Å². The van der Waals surface area contributed by atoms with Crippen molar-refractivity contribution in [2.75, 3.05) is 26.4 Å². The number of rotatable bonds is 5. The molecule has 0 aliphatic rings. The lowest BCUT2D eigenvalue weighted by atomic mass is 10.7. The lowest BCUT2D eigenvalue weighted by Gasteiger charge is -1.99. The molecule has 0 radical (unpaired) electrons. The summed E-state index contributed by atoms with van der Waals surface area (Å²) in [5.41, 5.74) is 0. The number of halogens is 1. The molecule has 0 unspecified atom stereocenters. The second kappa shape index (κ2) is 11.1. The monoisotopic (exact) mass is 154 g/mol. The molecule has 0 aliphatic heterocycles. The van der Waals surface area contributed by atoms with E-state index in [2.05, 4.69) is 0 Å². The van der Waals surface area contributed by atoms with Gasteiger partial charge in [-0.3, -0.25) is 0 Å². The van der Waals surface area contributed by atoms with Gasteiger partial charge < -0.3 is 9.47 Å². The van der Waals surface area contributed by atoms with Crippen LogP contribution in [-0.2, 0) is 9.47 Å². The molecule has 0 amide bonds. The summed E-state index contributed by atoms with van der Waals surface area (Å²) in [6.45, 7) is 6.98. The zero-order valence-corrected chi connectivity index (χ0v) is 6.87. The van der Waals surface area contributed by atoms with Gasteiger partial charge in [0.15, 0.2) is 0 Å². The fourth-order valence-electron chi connectivity index (χ4n) is 0.407. The van der Waals surface area contributed by atoms with Crippen molar-refractivity contribution >= 4 is 12.4 Å². The van der Waals surface area contributed by atoms with Crippen molar-refractivity contribution in [3.63, 3.8) is 0 Å². The summed E-state index contributed by atoms with van der Waals surface area (Å²) in [7, 11) is 0. The molecule has 0 heterocycles. The molecule has 9 heavy (non-hydrogen) atoms. The second-order valence-electron chi connectivity index (χ2n) is 1.39.